The fourth-order valence-corrected chi connectivity index (χ4v) is 3.80. The Balaban J connectivity index is 0.00000280. The lowest BCUT2D eigenvalue weighted by Gasteiger charge is -2.36. The third-order valence-electron chi connectivity index (χ3n) is 4.57. The number of hydrogen-bond acceptors (Lipinski definition) is 6. The lowest BCUT2D eigenvalue weighted by atomic mass is 10.1. The van der Waals surface area contributed by atoms with Gasteiger partial charge in [0.05, 0.1) is 6.61 Å². The number of aliphatic imine (C=N–C) groups is 1. The molecule has 28 heavy (non-hydrogen) atoms. The zero-order valence-electron chi connectivity index (χ0n) is 16.1. The first-order chi connectivity index (χ1) is 13.1. The Morgan fingerprint density at radius 3 is 2.68 bits per heavy atom. The molecule has 0 atom stereocenters. The van der Waals surface area contributed by atoms with Crippen molar-refractivity contribution in [3.05, 3.63) is 41.0 Å². The van der Waals surface area contributed by atoms with Gasteiger partial charge in [-0.15, -0.1) is 24.0 Å². The molecule has 0 amide bonds. The second-order valence-corrected chi connectivity index (χ2v) is 7.04. The molecule has 3 rings (SSSR count). The lowest BCUT2D eigenvalue weighted by Crippen LogP contribution is -2.52. The van der Waals surface area contributed by atoms with Crippen LogP contribution in [0, 0.1) is 5.82 Å². The van der Waals surface area contributed by atoms with E-state index in [0.29, 0.717) is 12.1 Å². The van der Waals surface area contributed by atoms with Gasteiger partial charge in [-0.1, -0.05) is 13.0 Å². The molecule has 1 fully saturated rings. The molecular weight excluding hydrogens is 494 g/mol. The first kappa shape index (κ1) is 22.8. The molecule has 154 valence electrons. The van der Waals surface area contributed by atoms with Crippen molar-refractivity contribution >= 4 is 46.6 Å². The Morgan fingerprint density at radius 1 is 1.32 bits per heavy atom. The highest BCUT2D eigenvalue weighted by molar-refractivity contribution is 14.0. The number of rotatable bonds is 5. The lowest BCUT2D eigenvalue weighted by molar-refractivity contribution is 0.275. The Kier molecular flexibility index (Phi) is 8.83. The number of aliphatic hydroxyl groups excluding tert-OH is 1. The number of hydrogen-bond donors (Lipinski definition) is 2. The highest BCUT2D eigenvalue weighted by Crippen LogP contribution is 2.19. The van der Waals surface area contributed by atoms with Gasteiger partial charge in [-0.2, -0.15) is 4.37 Å². The molecule has 2 heterocycles. The monoisotopic (exact) mass is 520 g/mol. The third kappa shape index (κ3) is 5.51. The predicted molar refractivity (Wildman–Crippen MR) is 121 cm³/mol. The second-order valence-electron chi connectivity index (χ2n) is 6.31. The van der Waals surface area contributed by atoms with Gasteiger partial charge < -0.3 is 20.2 Å². The number of aryl methyl sites for hydroxylation is 1. The average Bonchev–Trinajstić information content (AvgIpc) is 3.19. The molecule has 2 N–H and O–H groups in total. The summed E-state index contributed by atoms with van der Waals surface area (Å²) in [6, 6.07) is 4.78. The van der Waals surface area contributed by atoms with Crippen molar-refractivity contribution < 1.29 is 9.50 Å². The number of nitrogens with one attached hydrogen (secondary N) is 1. The molecule has 10 heteroatoms. The fourth-order valence-electron chi connectivity index (χ4n) is 3.00. The van der Waals surface area contributed by atoms with Crippen molar-refractivity contribution in [2.75, 3.05) is 38.1 Å². The zero-order valence-corrected chi connectivity index (χ0v) is 19.2. The summed E-state index contributed by atoms with van der Waals surface area (Å²) in [6.45, 7) is 5.69. The first-order valence-corrected chi connectivity index (χ1v) is 9.83. The number of guanidine groups is 1. The van der Waals surface area contributed by atoms with Gasteiger partial charge in [0.1, 0.15) is 11.6 Å². The van der Waals surface area contributed by atoms with Crippen LogP contribution in [0.25, 0.3) is 0 Å². The maximum atomic E-state index is 13.5. The molecule has 0 unspecified atom stereocenters. The minimum atomic E-state index is -0.385. The molecule has 2 aromatic rings. The summed E-state index contributed by atoms with van der Waals surface area (Å²) in [5.41, 5.74) is 1.21. The standard InChI is InChI=1S/C18H25FN6OS.HI/c1-3-16-22-18(27-23-16)25-8-6-24(7-9-25)17(20-2)21-11-13-4-5-15(19)14(10-13)12-26;/h4-5,10,26H,3,6-9,11-12H2,1-2H3,(H,20,21);1H. The van der Waals surface area contributed by atoms with Crippen LogP contribution in [0.15, 0.2) is 23.2 Å². The topological polar surface area (TPSA) is 76.9 Å². The average molecular weight is 520 g/mol. The van der Waals surface area contributed by atoms with Crippen LogP contribution in [0.4, 0.5) is 9.52 Å². The maximum absolute atomic E-state index is 13.5. The highest BCUT2D eigenvalue weighted by atomic mass is 127. The van der Waals surface area contributed by atoms with Crippen LogP contribution in [-0.4, -0.2) is 58.6 Å². The van der Waals surface area contributed by atoms with Gasteiger partial charge >= 0.3 is 0 Å². The second kappa shape index (κ2) is 10.9. The number of anilines is 1. The van der Waals surface area contributed by atoms with E-state index in [2.05, 4.69) is 36.4 Å². The van der Waals surface area contributed by atoms with Crippen molar-refractivity contribution in [1.29, 1.82) is 0 Å². The number of nitrogens with zero attached hydrogens (tertiary/aromatic N) is 5. The maximum Gasteiger partial charge on any atom is 0.205 e. The Morgan fingerprint density at radius 2 is 2.07 bits per heavy atom. The van der Waals surface area contributed by atoms with E-state index in [1.165, 1.54) is 17.6 Å². The number of piperazine rings is 1. The molecule has 0 aliphatic carbocycles. The summed E-state index contributed by atoms with van der Waals surface area (Å²) in [6.07, 6.45) is 0.856. The van der Waals surface area contributed by atoms with Gasteiger partial charge in [0.15, 0.2) is 5.96 Å². The summed E-state index contributed by atoms with van der Waals surface area (Å²) in [7, 11) is 1.76. The van der Waals surface area contributed by atoms with E-state index in [-0.39, 0.29) is 36.4 Å². The summed E-state index contributed by atoms with van der Waals surface area (Å²) in [4.78, 5) is 13.4. The Labute approximate surface area is 185 Å². The molecule has 7 nitrogen and oxygen atoms in total. The largest absolute Gasteiger partial charge is 0.392 e. The van der Waals surface area contributed by atoms with E-state index in [1.807, 2.05) is 0 Å². The summed E-state index contributed by atoms with van der Waals surface area (Å²) in [5, 5.41) is 13.5. The number of aromatic nitrogens is 2. The van der Waals surface area contributed by atoms with Crippen LogP contribution < -0.4 is 10.2 Å². The van der Waals surface area contributed by atoms with Crippen molar-refractivity contribution in [3.8, 4) is 0 Å². The molecular formula is C18H26FIN6OS. The van der Waals surface area contributed by atoms with Gasteiger partial charge in [-0.25, -0.2) is 9.37 Å². The van der Waals surface area contributed by atoms with E-state index in [1.54, 1.807) is 19.2 Å². The van der Waals surface area contributed by atoms with Crippen LogP contribution >= 0.6 is 35.5 Å². The van der Waals surface area contributed by atoms with E-state index >= 15 is 0 Å². The van der Waals surface area contributed by atoms with E-state index in [0.717, 1.165) is 55.1 Å². The van der Waals surface area contributed by atoms with Crippen molar-refractivity contribution in [2.45, 2.75) is 26.5 Å². The zero-order chi connectivity index (χ0) is 19.2. The predicted octanol–water partition coefficient (Wildman–Crippen LogP) is 2.25. The van der Waals surface area contributed by atoms with Crippen molar-refractivity contribution in [3.63, 3.8) is 0 Å². The van der Waals surface area contributed by atoms with Crippen LogP contribution in [0.3, 0.4) is 0 Å². The summed E-state index contributed by atoms with van der Waals surface area (Å²) >= 11 is 1.46. The molecule has 1 aromatic heterocycles. The van der Waals surface area contributed by atoms with Gasteiger partial charge in [0.25, 0.3) is 0 Å². The number of aliphatic hydroxyl groups is 1. The molecule has 1 aliphatic rings. The number of halogens is 2. The van der Waals surface area contributed by atoms with Gasteiger partial charge in [0.2, 0.25) is 5.13 Å². The molecule has 0 bridgehead atoms. The summed E-state index contributed by atoms with van der Waals surface area (Å²) in [5.74, 6) is 1.33. The first-order valence-electron chi connectivity index (χ1n) is 9.06. The number of benzene rings is 1. The molecule has 1 aromatic carbocycles. The summed E-state index contributed by atoms with van der Waals surface area (Å²) < 4.78 is 17.9. The van der Waals surface area contributed by atoms with E-state index in [9.17, 15) is 9.50 Å². The van der Waals surface area contributed by atoms with Crippen LogP contribution in [0.2, 0.25) is 0 Å². The third-order valence-corrected chi connectivity index (χ3v) is 5.38. The van der Waals surface area contributed by atoms with Crippen LogP contribution in [-0.2, 0) is 19.6 Å². The molecule has 0 radical (unpaired) electrons. The minimum Gasteiger partial charge on any atom is -0.392 e. The van der Waals surface area contributed by atoms with Gasteiger partial charge in [-0.05, 0) is 17.7 Å². The van der Waals surface area contributed by atoms with Crippen molar-refractivity contribution in [1.82, 2.24) is 19.6 Å². The van der Waals surface area contributed by atoms with Gasteiger partial charge in [0, 0.05) is 63.3 Å². The molecule has 1 saturated heterocycles. The minimum absolute atomic E-state index is 0. The van der Waals surface area contributed by atoms with Gasteiger partial charge in [-0.3, -0.25) is 4.99 Å². The smallest absolute Gasteiger partial charge is 0.205 e. The molecule has 0 saturated carbocycles. The Hall–Kier alpha value is -1.53. The van der Waals surface area contributed by atoms with Crippen LogP contribution in [0.1, 0.15) is 23.9 Å². The Bertz CT molecular complexity index is 794. The van der Waals surface area contributed by atoms with E-state index in [4.69, 9.17) is 0 Å². The highest BCUT2D eigenvalue weighted by Gasteiger charge is 2.22. The fraction of sp³-hybridized carbons (Fsp3) is 0.500. The van der Waals surface area contributed by atoms with Crippen LogP contribution in [0.5, 0.6) is 0 Å². The molecule has 0 spiro atoms. The quantitative estimate of drug-likeness (QED) is 0.358. The normalized spacial score (nSPS) is 14.8. The molecule has 1 aliphatic heterocycles. The van der Waals surface area contributed by atoms with Crippen molar-refractivity contribution in [2.24, 2.45) is 4.99 Å². The van der Waals surface area contributed by atoms with E-state index < -0.39 is 0 Å². The SMILES string of the molecule is CCc1nsc(N2CCN(C(=NC)NCc3ccc(F)c(CO)c3)CC2)n1.I.